The molecule has 0 saturated heterocycles. The van der Waals surface area contributed by atoms with Crippen molar-refractivity contribution in [2.24, 2.45) is 10.9 Å². The lowest BCUT2D eigenvalue weighted by atomic mass is 9.80. The SMILES string of the molecule is Cc1cccc(C(=O)NC2(/C(N)=N/O)CCCCC2)c1I. The van der Waals surface area contributed by atoms with E-state index in [1.165, 1.54) is 0 Å². The monoisotopic (exact) mass is 401 g/mol. The van der Waals surface area contributed by atoms with Gasteiger partial charge in [-0.05, 0) is 54.0 Å². The molecule has 2 rings (SSSR count). The number of hydrogen-bond donors (Lipinski definition) is 3. The minimum Gasteiger partial charge on any atom is -0.409 e. The number of amides is 1. The number of nitrogens with two attached hydrogens (primary N) is 1. The first-order valence-corrected chi connectivity index (χ1v) is 8.14. The fourth-order valence-electron chi connectivity index (χ4n) is 2.80. The Morgan fingerprint density at radius 1 is 1.38 bits per heavy atom. The van der Waals surface area contributed by atoms with Crippen molar-refractivity contribution in [1.82, 2.24) is 5.32 Å². The Morgan fingerprint density at radius 2 is 2.05 bits per heavy atom. The van der Waals surface area contributed by atoms with Crippen LogP contribution in [-0.2, 0) is 0 Å². The second-order valence-electron chi connectivity index (χ2n) is 5.52. The summed E-state index contributed by atoms with van der Waals surface area (Å²) in [6.45, 7) is 1.97. The maximum absolute atomic E-state index is 12.6. The topological polar surface area (TPSA) is 87.7 Å². The largest absolute Gasteiger partial charge is 0.409 e. The zero-order valence-corrected chi connectivity index (χ0v) is 14.2. The molecule has 0 spiro atoms. The molecule has 4 N–H and O–H groups in total. The van der Waals surface area contributed by atoms with Gasteiger partial charge in [0.05, 0.1) is 5.56 Å². The summed E-state index contributed by atoms with van der Waals surface area (Å²) in [6, 6.07) is 5.63. The molecule has 0 bridgehead atoms. The molecule has 0 heterocycles. The number of benzene rings is 1. The van der Waals surface area contributed by atoms with Gasteiger partial charge in [-0.1, -0.05) is 36.6 Å². The van der Waals surface area contributed by atoms with Crippen molar-refractivity contribution in [2.75, 3.05) is 0 Å². The van der Waals surface area contributed by atoms with Crippen molar-refractivity contribution in [3.63, 3.8) is 0 Å². The maximum Gasteiger partial charge on any atom is 0.253 e. The molecule has 21 heavy (non-hydrogen) atoms. The van der Waals surface area contributed by atoms with Crippen LogP contribution < -0.4 is 11.1 Å². The zero-order valence-electron chi connectivity index (χ0n) is 12.0. The molecule has 1 aliphatic rings. The number of hydrogen-bond acceptors (Lipinski definition) is 3. The Kier molecular flexibility index (Phi) is 5.08. The molecule has 1 aromatic rings. The van der Waals surface area contributed by atoms with Crippen molar-refractivity contribution < 1.29 is 10.0 Å². The van der Waals surface area contributed by atoms with Crippen molar-refractivity contribution in [3.8, 4) is 0 Å². The zero-order chi connectivity index (χ0) is 15.5. The van der Waals surface area contributed by atoms with Crippen LogP contribution >= 0.6 is 22.6 Å². The molecule has 0 radical (unpaired) electrons. The predicted molar refractivity (Wildman–Crippen MR) is 90.6 cm³/mol. The number of oxime groups is 1. The minimum atomic E-state index is -0.725. The number of rotatable bonds is 3. The van der Waals surface area contributed by atoms with Crippen LogP contribution in [0.5, 0.6) is 0 Å². The van der Waals surface area contributed by atoms with E-state index in [0.29, 0.717) is 18.4 Å². The smallest absolute Gasteiger partial charge is 0.253 e. The number of nitrogens with one attached hydrogen (secondary N) is 1. The Bertz CT molecular complexity index is 566. The average molecular weight is 401 g/mol. The van der Waals surface area contributed by atoms with Crippen LogP contribution in [0.2, 0.25) is 0 Å². The fraction of sp³-hybridized carbons (Fsp3) is 0.467. The summed E-state index contributed by atoms with van der Waals surface area (Å²) in [7, 11) is 0. The molecule has 1 aromatic carbocycles. The van der Waals surface area contributed by atoms with Gasteiger partial charge in [0.1, 0.15) is 5.54 Å². The van der Waals surface area contributed by atoms with Crippen LogP contribution in [-0.4, -0.2) is 22.5 Å². The van der Waals surface area contributed by atoms with Crippen molar-refractivity contribution in [3.05, 3.63) is 32.9 Å². The molecule has 114 valence electrons. The van der Waals surface area contributed by atoms with Gasteiger partial charge in [-0.25, -0.2) is 0 Å². The molecule has 5 nitrogen and oxygen atoms in total. The van der Waals surface area contributed by atoms with Crippen LogP contribution in [0.15, 0.2) is 23.4 Å². The van der Waals surface area contributed by atoms with E-state index in [2.05, 4.69) is 33.1 Å². The maximum atomic E-state index is 12.6. The molecule has 1 amide bonds. The summed E-state index contributed by atoms with van der Waals surface area (Å²) in [6.07, 6.45) is 4.44. The first-order chi connectivity index (χ1) is 10.00. The van der Waals surface area contributed by atoms with Crippen LogP contribution in [0.3, 0.4) is 0 Å². The van der Waals surface area contributed by atoms with E-state index in [0.717, 1.165) is 28.4 Å². The highest BCUT2D eigenvalue weighted by atomic mass is 127. The van der Waals surface area contributed by atoms with Crippen molar-refractivity contribution >= 4 is 34.3 Å². The summed E-state index contributed by atoms with van der Waals surface area (Å²) >= 11 is 2.17. The molecule has 6 heteroatoms. The van der Waals surface area contributed by atoms with Crippen LogP contribution in [0.25, 0.3) is 0 Å². The minimum absolute atomic E-state index is 0.0956. The quantitative estimate of drug-likeness (QED) is 0.239. The van der Waals surface area contributed by atoms with Gasteiger partial charge in [0.25, 0.3) is 5.91 Å². The van der Waals surface area contributed by atoms with Crippen molar-refractivity contribution in [1.29, 1.82) is 0 Å². The van der Waals surface area contributed by atoms with E-state index in [1.54, 1.807) is 6.07 Å². The Morgan fingerprint density at radius 3 is 2.67 bits per heavy atom. The predicted octanol–water partition coefficient (Wildman–Crippen LogP) is 2.78. The first kappa shape index (κ1) is 16.1. The van der Waals surface area contributed by atoms with Gasteiger partial charge < -0.3 is 16.3 Å². The first-order valence-electron chi connectivity index (χ1n) is 7.06. The number of amidine groups is 1. The molecule has 1 fully saturated rings. The van der Waals surface area contributed by atoms with Gasteiger partial charge in [-0.2, -0.15) is 0 Å². The molecule has 0 atom stereocenters. The summed E-state index contributed by atoms with van der Waals surface area (Å²) in [5.74, 6) is -0.0742. The Hall–Kier alpha value is -1.31. The van der Waals surface area contributed by atoms with Crippen LogP contribution in [0.1, 0.15) is 48.0 Å². The number of nitrogens with zero attached hydrogens (tertiary/aromatic N) is 1. The van der Waals surface area contributed by atoms with Crippen molar-refractivity contribution in [2.45, 2.75) is 44.6 Å². The van der Waals surface area contributed by atoms with Gasteiger partial charge >= 0.3 is 0 Å². The van der Waals surface area contributed by atoms with Gasteiger partial charge in [0.2, 0.25) is 0 Å². The van der Waals surface area contributed by atoms with Crippen LogP contribution in [0.4, 0.5) is 0 Å². The summed E-state index contributed by atoms with van der Waals surface area (Å²) in [5, 5.41) is 15.2. The van der Waals surface area contributed by atoms with E-state index in [-0.39, 0.29) is 11.7 Å². The fourth-order valence-corrected chi connectivity index (χ4v) is 3.41. The van der Waals surface area contributed by atoms with E-state index < -0.39 is 5.54 Å². The molecule has 0 aromatic heterocycles. The lowest BCUT2D eigenvalue weighted by Gasteiger charge is -2.36. The highest BCUT2D eigenvalue weighted by molar-refractivity contribution is 14.1. The molecular formula is C15H20IN3O2. The number of halogens is 1. The van der Waals surface area contributed by atoms with E-state index >= 15 is 0 Å². The second-order valence-corrected chi connectivity index (χ2v) is 6.60. The van der Waals surface area contributed by atoms with E-state index in [9.17, 15) is 4.79 Å². The standard InChI is InChI=1S/C15H20IN3O2/c1-10-6-5-7-11(12(10)16)13(20)18-15(14(17)19-21)8-3-2-4-9-15/h5-7,21H,2-4,8-9H2,1H3,(H2,17,19)(H,18,20). The lowest BCUT2D eigenvalue weighted by Crippen LogP contribution is -2.58. The van der Waals surface area contributed by atoms with Gasteiger partial charge in [0, 0.05) is 3.57 Å². The van der Waals surface area contributed by atoms with Crippen LogP contribution in [0, 0.1) is 10.5 Å². The number of aryl methyl sites for hydroxylation is 1. The second kappa shape index (κ2) is 6.64. The molecule has 0 unspecified atom stereocenters. The third kappa shape index (κ3) is 3.30. The summed E-state index contributed by atoms with van der Waals surface area (Å²) in [4.78, 5) is 12.6. The summed E-state index contributed by atoms with van der Waals surface area (Å²) < 4.78 is 0.929. The van der Waals surface area contributed by atoms with Gasteiger partial charge in [-0.3, -0.25) is 4.79 Å². The van der Waals surface area contributed by atoms with E-state index in [1.807, 2.05) is 19.1 Å². The Balaban J connectivity index is 2.28. The highest BCUT2D eigenvalue weighted by Gasteiger charge is 2.38. The number of carbonyl (C=O) groups excluding carboxylic acids is 1. The molecule has 1 saturated carbocycles. The third-order valence-electron chi connectivity index (χ3n) is 4.09. The van der Waals surface area contributed by atoms with Gasteiger partial charge in [-0.15, -0.1) is 0 Å². The highest BCUT2D eigenvalue weighted by Crippen LogP contribution is 2.29. The molecular weight excluding hydrogens is 381 g/mol. The normalized spacial score (nSPS) is 18.3. The lowest BCUT2D eigenvalue weighted by molar-refractivity contribution is 0.0904. The average Bonchev–Trinajstić information content (AvgIpc) is 2.50. The third-order valence-corrected chi connectivity index (χ3v) is 5.53. The molecule has 1 aliphatic carbocycles. The van der Waals surface area contributed by atoms with Gasteiger partial charge in [0.15, 0.2) is 5.84 Å². The molecule has 0 aliphatic heterocycles. The van der Waals surface area contributed by atoms with E-state index in [4.69, 9.17) is 10.9 Å². The summed E-state index contributed by atoms with van der Waals surface area (Å²) in [5.41, 5.74) is 6.83. The Labute approximate surface area is 138 Å². The number of carbonyl (C=O) groups is 1.